The Balaban J connectivity index is 2.21. The number of esters is 1. The molecule has 0 radical (unpaired) electrons. The fraction of sp³-hybridized carbons (Fsp3) is 0.438. The Kier molecular flexibility index (Phi) is 6.85. The lowest BCUT2D eigenvalue weighted by molar-refractivity contribution is -0.141. The number of hydrogen-bond acceptors (Lipinski definition) is 2. The van der Waals surface area contributed by atoms with Gasteiger partial charge in [-0.05, 0) is 18.4 Å². The molecule has 2 nitrogen and oxygen atoms in total. The summed E-state index contributed by atoms with van der Waals surface area (Å²) < 4.78 is 4.90. The van der Waals surface area contributed by atoms with E-state index in [1.807, 2.05) is 12.1 Å². The SMILES string of the molecule is C=CC(CCCCCOC(C)=O)c1ccccc1. The van der Waals surface area contributed by atoms with Gasteiger partial charge in [-0.1, -0.05) is 49.2 Å². The van der Waals surface area contributed by atoms with E-state index in [2.05, 4.69) is 30.8 Å². The minimum absolute atomic E-state index is 0.191. The first kappa shape index (κ1) is 14.5. The van der Waals surface area contributed by atoms with Crippen molar-refractivity contribution < 1.29 is 9.53 Å². The maximum absolute atomic E-state index is 10.6. The highest BCUT2D eigenvalue weighted by Gasteiger charge is 2.06. The van der Waals surface area contributed by atoms with Crippen LogP contribution in [0.15, 0.2) is 43.0 Å². The molecule has 0 aliphatic heterocycles. The van der Waals surface area contributed by atoms with Crippen LogP contribution >= 0.6 is 0 Å². The van der Waals surface area contributed by atoms with E-state index >= 15 is 0 Å². The highest BCUT2D eigenvalue weighted by Crippen LogP contribution is 2.23. The van der Waals surface area contributed by atoms with E-state index in [-0.39, 0.29) is 5.97 Å². The first-order chi connectivity index (χ1) is 8.74. The molecule has 0 fully saturated rings. The molecule has 18 heavy (non-hydrogen) atoms. The van der Waals surface area contributed by atoms with E-state index in [1.165, 1.54) is 12.5 Å². The maximum Gasteiger partial charge on any atom is 0.302 e. The maximum atomic E-state index is 10.6. The van der Waals surface area contributed by atoms with Gasteiger partial charge in [-0.2, -0.15) is 0 Å². The number of hydrogen-bond donors (Lipinski definition) is 0. The molecule has 0 spiro atoms. The summed E-state index contributed by atoms with van der Waals surface area (Å²) in [5, 5.41) is 0. The largest absolute Gasteiger partial charge is 0.466 e. The lowest BCUT2D eigenvalue weighted by Gasteiger charge is -2.12. The Morgan fingerprint density at radius 2 is 2.00 bits per heavy atom. The first-order valence-corrected chi connectivity index (χ1v) is 6.55. The molecule has 0 heterocycles. The third-order valence-corrected chi connectivity index (χ3v) is 2.98. The zero-order valence-electron chi connectivity index (χ0n) is 11.1. The average Bonchev–Trinajstić information content (AvgIpc) is 2.38. The molecule has 1 aromatic carbocycles. The van der Waals surface area contributed by atoms with Gasteiger partial charge in [-0.25, -0.2) is 0 Å². The van der Waals surface area contributed by atoms with Crippen LogP contribution in [0, 0.1) is 0 Å². The summed E-state index contributed by atoms with van der Waals surface area (Å²) in [5.41, 5.74) is 1.33. The molecular formula is C16H22O2. The van der Waals surface area contributed by atoms with E-state index in [4.69, 9.17) is 4.74 Å². The Morgan fingerprint density at radius 1 is 1.28 bits per heavy atom. The van der Waals surface area contributed by atoms with Crippen molar-refractivity contribution in [2.75, 3.05) is 6.61 Å². The van der Waals surface area contributed by atoms with E-state index in [0.717, 1.165) is 25.7 Å². The van der Waals surface area contributed by atoms with Crippen LogP contribution in [0.5, 0.6) is 0 Å². The molecule has 1 unspecified atom stereocenters. The second-order valence-electron chi connectivity index (χ2n) is 4.44. The summed E-state index contributed by atoms with van der Waals surface area (Å²) >= 11 is 0. The number of rotatable bonds is 8. The van der Waals surface area contributed by atoms with Crippen molar-refractivity contribution in [3.63, 3.8) is 0 Å². The molecule has 0 saturated carbocycles. The summed E-state index contributed by atoms with van der Waals surface area (Å²) in [6, 6.07) is 10.4. The Hall–Kier alpha value is -1.57. The van der Waals surface area contributed by atoms with Gasteiger partial charge in [0.05, 0.1) is 6.61 Å². The summed E-state index contributed by atoms with van der Waals surface area (Å²) in [6.45, 7) is 5.89. The molecule has 1 rings (SSSR count). The summed E-state index contributed by atoms with van der Waals surface area (Å²) in [7, 11) is 0. The van der Waals surface area contributed by atoms with Crippen LogP contribution in [0.3, 0.4) is 0 Å². The lowest BCUT2D eigenvalue weighted by Crippen LogP contribution is -2.00. The summed E-state index contributed by atoms with van der Waals surface area (Å²) in [4.78, 5) is 10.6. The van der Waals surface area contributed by atoms with Gasteiger partial charge in [0.1, 0.15) is 0 Å². The minimum Gasteiger partial charge on any atom is -0.466 e. The predicted octanol–water partition coefficient (Wildman–Crippen LogP) is 4.08. The second kappa shape index (κ2) is 8.51. The number of unbranched alkanes of at least 4 members (excludes halogenated alkanes) is 2. The van der Waals surface area contributed by atoms with Crippen LogP contribution in [0.1, 0.15) is 44.1 Å². The van der Waals surface area contributed by atoms with Crippen molar-refractivity contribution >= 4 is 5.97 Å². The van der Waals surface area contributed by atoms with Crippen molar-refractivity contribution in [3.8, 4) is 0 Å². The van der Waals surface area contributed by atoms with Gasteiger partial charge >= 0.3 is 5.97 Å². The zero-order chi connectivity index (χ0) is 13.2. The van der Waals surface area contributed by atoms with E-state index in [0.29, 0.717) is 12.5 Å². The molecule has 0 saturated heterocycles. The third kappa shape index (κ3) is 5.67. The smallest absolute Gasteiger partial charge is 0.302 e. The molecule has 0 aromatic heterocycles. The van der Waals surface area contributed by atoms with Crippen molar-refractivity contribution in [2.45, 2.75) is 38.5 Å². The van der Waals surface area contributed by atoms with Gasteiger partial charge < -0.3 is 4.74 Å². The fourth-order valence-electron chi connectivity index (χ4n) is 1.98. The molecule has 0 N–H and O–H groups in total. The van der Waals surface area contributed by atoms with E-state index < -0.39 is 0 Å². The number of carbonyl (C=O) groups excluding carboxylic acids is 1. The zero-order valence-corrected chi connectivity index (χ0v) is 11.1. The summed E-state index contributed by atoms with van der Waals surface area (Å²) in [6.07, 6.45) is 6.28. The average molecular weight is 246 g/mol. The molecule has 0 bridgehead atoms. The van der Waals surface area contributed by atoms with Crippen molar-refractivity contribution in [1.29, 1.82) is 0 Å². The second-order valence-corrected chi connectivity index (χ2v) is 4.44. The molecule has 0 amide bonds. The Bertz CT molecular complexity index is 357. The monoisotopic (exact) mass is 246 g/mol. The number of allylic oxidation sites excluding steroid dienone is 1. The lowest BCUT2D eigenvalue weighted by atomic mass is 9.93. The van der Waals surface area contributed by atoms with Crippen LogP contribution in [-0.4, -0.2) is 12.6 Å². The third-order valence-electron chi connectivity index (χ3n) is 2.98. The van der Waals surface area contributed by atoms with Gasteiger partial charge in [0, 0.05) is 12.8 Å². The molecule has 2 heteroatoms. The highest BCUT2D eigenvalue weighted by molar-refractivity contribution is 5.65. The quantitative estimate of drug-likeness (QED) is 0.392. The first-order valence-electron chi connectivity index (χ1n) is 6.55. The number of ether oxygens (including phenoxy) is 1. The van der Waals surface area contributed by atoms with Crippen molar-refractivity contribution in [3.05, 3.63) is 48.6 Å². The van der Waals surface area contributed by atoms with E-state index in [1.54, 1.807) is 0 Å². The Morgan fingerprint density at radius 3 is 2.61 bits per heavy atom. The van der Waals surface area contributed by atoms with E-state index in [9.17, 15) is 4.79 Å². The van der Waals surface area contributed by atoms with Crippen LogP contribution < -0.4 is 0 Å². The topological polar surface area (TPSA) is 26.3 Å². The fourth-order valence-corrected chi connectivity index (χ4v) is 1.98. The molecule has 1 atom stereocenters. The van der Waals surface area contributed by atoms with Crippen LogP contribution in [0.25, 0.3) is 0 Å². The van der Waals surface area contributed by atoms with Gasteiger partial charge in [0.25, 0.3) is 0 Å². The van der Waals surface area contributed by atoms with Gasteiger partial charge in [0.15, 0.2) is 0 Å². The molecule has 1 aromatic rings. The minimum atomic E-state index is -0.191. The number of carbonyl (C=O) groups is 1. The normalized spacial score (nSPS) is 11.8. The Labute approximate surface area is 110 Å². The van der Waals surface area contributed by atoms with Crippen LogP contribution in [0.2, 0.25) is 0 Å². The molecule has 0 aliphatic rings. The predicted molar refractivity (Wildman–Crippen MR) is 74.5 cm³/mol. The standard InChI is InChI=1S/C16H22O2/c1-3-15(16-11-6-4-7-12-16)10-8-5-9-13-18-14(2)17/h3-4,6-7,11-12,15H,1,5,8-10,13H2,2H3. The van der Waals surface area contributed by atoms with Crippen molar-refractivity contribution in [2.24, 2.45) is 0 Å². The molecule has 0 aliphatic carbocycles. The van der Waals surface area contributed by atoms with Gasteiger partial charge in [-0.3, -0.25) is 4.79 Å². The molecule has 98 valence electrons. The highest BCUT2D eigenvalue weighted by atomic mass is 16.5. The summed E-state index contributed by atoms with van der Waals surface area (Å²) in [5.74, 6) is 0.239. The van der Waals surface area contributed by atoms with Gasteiger partial charge in [-0.15, -0.1) is 6.58 Å². The molecular weight excluding hydrogens is 224 g/mol. The van der Waals surface area contributed by atoms with Crippen LogP contribution in [0.4, 0.5) is 0 Å². The number of benzene rings is 1. The van der Waals surface area contributed by atoms with Crippen molar-refractivity contribution in [1.82, 2.24) is 0 Å². The van der Waals surface area contributed by atoms with Gasteiger partial charge in [0.2, 0.25) is 0 Å². The van der Waals surface area contributed by atoms with Crippen LogP contribution in [-0.2, 0) is 9.53 Å².